The Kier molecular flexibility index (Phi) is 4.82. The molecule has 0 saturated heterocycles. The summed E-state index contributed by atoms with van der Waals surface area (Å²) in [5, 5.41) is 10.2. The van der Waals surface area contributed by atoms with Crippen molar-refractivity contribution >= 4 is 27.8 Å². The van der Waals surface area contributed by atoms with Gasteiger partial charge in [0.05, 0.1) is 12.2 Å². The van der Waals surface area contributed by atoms with Gasteiger partial charge in [-0.15, -0.1) is 5.10 Å². The summed E-state index contributed by atoms with van der Waals surface area (Å²) in [6.45, 7) is 5.68. The van der Waals surface area contributed by atoms with Gasteiger partial charge in [0.15, 0.2) is 5.71 Å². The topological polar surface area (TPSA) is 88.1 Å². The lowest BCUT2D eigenvalue weighted by Gasteiger charge is -2.24. The summed E-state index contributed by atoms with van der Waals surface area (Å²) in [7, 11) is 1.73. The second kappa shape index (κ2) is 7.31. The molecule has 2 aromatic heterocycles. The van der Waals surface area contributed by atoms with Gasteiger partial charge in [0.1, 0.15) is 21.8 Å². The van der Waals surface area contributed by atoms with Gasteiger partial charge in [0.25, 0.3) is 5.56 Å². The van der Waals surface area contributed by atoms with E-state index in [0.717, 1.165) is 23.3 Å². The summed E-state index contributed by atoms with van der Waals surface area (Å²) in [6.07, 6.45) is 7.39. The van der Waals surface area contributed by atoms with Crippen LogP contribution >= 0.6 is 0 Å². The molecule has 0 amide bonds. The number of pyridine rings is 1. The van der Waals surface area contributed by atoms with Gasteiger partial charge in [-0.1, -0.05) is 21.7 Å². The van der Waals surface area contributed by atoms with E-state index in [2.05, 4.69) is 14.7 Å². The third-order valence-electron chi connectivity index (χ3n) is 6.56. The molecule has 3 fully saturated rings. The van der Waals surface area contributed by atoms with Crippen molar-refractivity contribution in [2.24, 2.45) is 23.3 Å². The van der Waals surface area contributed by atoms with E-state index in [0.29, 0.717) is 28.8 Å². The van der Waals surface area contributed by atoms with Gasteiger partial charge in [0, 0.05) is 24.2 Å². The number of nitrogens with zero attached hydrogens (tertiary/aromatic N) is 5. The highest BCUT2D eigenvalue weighted by atomic mass is 32.2. The van der Waals surface area contributed by atoms with Crippen LogP contribution in [0, 0.1) is 11.8 Å². The molecule has 3 aliphatic carbocycles. The number of benzene rings is 1. The standard InChI is InChI=1S/C23H27N5O2S/c1-23(2,3)31(30)25-21(17-6-5-7-18-16(17)8-9-27(4)22(18)29)19-13-28(26-24-19)20-12-14-10-15(20)11-14/h5-9,13-15,20H,10-12H2,1-4H3/b25-21+/t14?,15?,20?,31-/m1/s1. The van der Waals surface area contributed by atoms with Crippen molar-refractivity contribution in [3.05, 3.63) is 58.3 Å². The number of hydrogen-bond acceptors (Lipinski definition) is 5. The zero-order valence-corrected chi connectivity index (χ0v) is 19.1. The molecule has 2 bridgehead atoms. The van der Waals surface area contributed by atoms with Crippen molar-refractivity contribution in [2.75, 3.05) is 0 Å². The highest BCUT2D eigenvalue weighted by Gasteiger charge is 2.45. The number of rotatable bonds is 4. The van der Waals surface area contributed by atoms with E-state index in [1.54, 1.807) is 17.8 Å². The maximum absolute atomic E-state index is 13.0. The Labute approximate surface area is 184 Å². The van der Waals surface area contributed by atoms with Crippen molar-refractivity contribution in [1.82, 2.24) is 19.6 Å². The first-order valence-electron chi connectivity index (χ1n) is 10.7. The molecular weight excluding hydrogens is 410 g/mol. The first-order chi connectivity index (χ1) is 14.7. The quantitative estimate of drug-likeness (QED) is 0.462. The van der Waals surface area contributed by atoms with E-state index in [4.69, 9.17) is 0 Å². The fourth-order valence-electron chi connectivity index (χ4n) is 4.73. The smallest absolute Gasteiger partial charge is 0.258 e. The van der Waals surface area contributed by atoms with Gasteiger partial charge < -0.3 is 9.12 Å². The maximum Gasteiger partial charge on any atom is 0.258 e. The molecule has 2 atom stereocenters. The third-order valence-corrected chi connectivity index (χ3v) is 7.95. The molecule has 3 saturated carbocycles. The summed E-state index contributed by atoms with van der Waals surface area (Å²) in [5.41, 5.74) is 1.78. The van der Waals surface area contributed by atoms with Crippen LogP contribution in [-0.2, 0) is 18.4 Å². The zero-order chi connectivity index (χ0) is 21.9. The highest BCUT2D eigenvalue weighted by molar-refractivity contribution is 7.91. The Morgan fingerprint density at radius 3 is 2.65 bits per heavy atom. The fourth-order valence-corrected chi connectivity index (χ4v) is 5.37. The number of fused-ring (bicyclic) bond motifs is 2. The minimum Gasteiger partial charge on any atom is -0.591 e. The Bertz CT molecular complexity index is 1230. The molecule has 7 nitrogen and oxygen atoms in total. The number of aryl methyl sites for hydroxylation is 1. The first-order valence-corrected chi connectivity index (χ1v) is 11.8. The highest BCUT2D eigenvalue weighted by Crippen LogP contribution is 2.54. The minimum atomic E-state index is -1.48. The van der Waals surface area contributed by atoms with Crippen molar-refractivity contribution in [3.8, 4) is 0 Å². The molecule has 1 unspecified atom stereocenters. The second-order valence-corrected chi connectivity index (χ2v) is 11.7. The van der Waals surface area contributed by atoms with Crippen LogP contribution in [0.1, 0.15) is 57.3 Å². The summed E-state index contributed by atoms with van der Waals surface area (Å²) < 4.78 is 20.6. The first kappa shape index (κ1) is 20.5. The van der Waals surface area contributed by atoms with Gasteiger partial charge in [-0.05, 0) is 69.4 Å². The zero-order valence-electron chi connectivity index (χ0n) is 18.3. The molecule has 0 aliphatic heterocycles. The van der Waals surface area contributed by atoms with Crippen LogP contribution in [-0.4, -0.2) is 34.6 Å². The molecule has 1 aromatic carbocycles. The largest absolute Gasteiger partial charge is 0.591 e. The van der Waals surface area contributed by atoms with Crippen molar-refractivity contribution in [2.45, 2.75) is 50.8 Å². The summed E-state index contributed by atoms with van der Waals surface area (Å²) in [4.78, 5) is 12.7. The monoisotopic (exact) mass is 437 g/mol. The molecule has 2 heterocycles. The lowest BCUT2D eigenvalue weighted by molar-refractivity contribution is 0.266. The average molecular weight is 438 g/mol. The predicted molar refractivity (Wildman–Crippen MR) is 123 cm³/mol. The molecular formula is C23H27N5O2S. The number of hydrogen-bond donors (Lipinski definition) is 0. The van der Waals surface area contributed by atoms with Gasteiger partial charge in [-0.25, -0.2) is 4.68 Å². The molecule has 0 spiro atoms. The summed E-state index contributed by atoms with van der Waals surface area (Å²) in [6, 6.07) is 7.84. The molecule has 3 aromatic rings. The van der Waals surface area contributed by atoms with E-state index < -0.39 is 16.1 Å². The Morgan fingerprint density at radius 2 is 1.97 bits per heavy atom. The van der Waals surface area contributed by atoms with Crippen molar-refractivity contribution in [1.29, 1.82) is 0 Å². The van der Waals surface area contributed by atoms with Crippen LogP contribution in [0.3, 0.4) is 0 Å². The number of aromatic nitrogens is 4. The van der Waals surface area contributed by atoms with Crippen molar-refractivity contribution in [3.63, 3.8) is 0 Å². The van der Waals surface area contributed by atoms with E-state index >= 15 is 0 Å². The average Bonchev–Trinajstić information content (AvgIpc) is 3.42. The molecule has 0 radical (unpaired) electrons. The van der Waals surface area contributed by atoms with E-state index in [1.165, 1.54) is 12.8 Å². The maximum atomic E-state index is 13.0. The van der Waals surface area contributed by atoms with Gasteiger partial charge in [-0.2, -0.15) is 0 Å². The van der Waals surface area contributed by atoms with Gasteiger partial charge in [0.2, 0.25) is 0 Å². The van der Waals surface area contributed by atoms with Gasteiger partial charge in [-0.3, -0.25) is 4.79 Å². The summed E-state index contributed by atoms with van der Waals surface area (Å²) in [5.74, 6) is 1.50. The normalized spacial score (nSPS) is 24.4. The minimum absolute atomic E-state index is 0.0787. The molecule has 162 valence electrons. The van der Waals surface area contributed by atoms with Crippen LogP contribution in [0.4, 0.5) is 0 Å². The van der Waals surface area contributed by atoms with Gasteiger partial charge >= 0.3 is 0 Å². The van der Waals surface area contributed by atoms with Crippen LogP contribution in [0.5, 0.6) is 0 Å². The SMILES string of the molecule is Cn1ccc2c(/C(=N\[S@+]([O-])C(C)(C)C)c3cn(C4CC5CC4C5)nn3)cccc2c1=O. The van der Waals surface area contributed by atoms with E-state index in [-0.39, 0.29) is 5.56 Å². The Morgan fingerprint density at radius 1 is 1.19 bits per heavy atom. The second-order valence-electron chi connectivity index (χ2n) is 9.78. The molecule has 3 aliphatic rings. The van der Waals surface area contributed by atoms with Crippen LogP contribution in [0.2, 0.25) is 0 Å². The van der Waals surface area contributed by atoms with Crippen LogP contribution < -0.4 is 5.56 Å². The molecule has 8 heteroatoms. The van der Waals surface area contributed by atoms with Crippen LogP contribution in [0.25, 0.3) is 10.8 Å². The lowest BCUT2D eigenvalue weighted by Crippen LogP contribution is -2.27. The van der Waals surface area contributed by atoms with E-state index in [9.17, 15) is 9.35 Å². The lowest BCUT2D eigenvalue weighted by atomic mass is 9.84. The molecule has 0 N–H and O–H groups in total. The fraction of sp³-hybridized carbons (Fsp3) is 0.478. The van der Waals surface area contributed by atoms with E-state index in [1.807, 2.05) is 55.9 Å². The summed E-state index contributed by atoms with van der Waals surface area (Å²) >= 11 is -1.48. The van der Waals surface area contributed by atoms with Crippen molar-refractivity contribution < 1.29 is 4.55 Å². The Balaban J connectivity index is 1.65. The Hall–Kier alpha value is -2.45. The third kappa shape index (κ3) is 3.51. The molecule has 6 rings (SSSR count). The molecule has 31 heavy (non-hydrogen) atoms. The van der Waals surface area contributed by atoms with Crippen LogP contribution in [0.15, 0.2) is 45.9 Å². The predicted octanol–water partition coefficient (Wildman–Crippen LogP) is 3.40.